The van der Waals surface area contributed by atoms with Crippen molar-refractivity contribution in [2.75, 3.05) is 6.54 Å². The lowest BCUT2D eigenvalue weighted by molar-refractivity contribution is 0.0497. The molecule has 0 aromatic carbocycles. The van der Waals surface area contributed by atoms with Crippen molar-refractivity contribution in [3.63, 3.8) is 0 Å². The highest BCUT2D eigenvalue weighted by Gasteiger charge is 2.25. The molecule has 5 nitrogen and oxygen atoms in total. The van der Waals surface area contributed by atoms with E-state index in [4.69, 9.17) is 10.5 Å². The molecule has 19 heavy (non-hydrogen) atoms. The van der Waals surface area contributed by atoms with Crippen LogP contribution in [-0.2, 0) is 4.74 Å². The number of rotatable bonds is 5. The molecule has 1 saturated carbocycles. The van der Waals surface area contributed by atoms with Gasteiger partial charge in [0.1, 0.15) is 5.60 Å². The van der Waals surface area contributed by atoms with Gasteiger partial charge in [0.2, 0.25) is 0 Å². The molecule has 0 radical (unpaired) electrons. The second kappa shape index (κ2) is 7.10. The SMILES string of the molecule is CC(NC(=O)OC(C)(C)C)C(CN)NC1CCCC1. The zero-order valence-electron chi connectivity index (χ0n) is 12.7. The van der Waals surface area contributed by atoms with E-state index in [1.54, 1.807) is 0 Å². The molecule has 0 heterocycles. The van der Waals surface area contributed by atoms with Gasteiger partial charge in [-0.1, -0.05) is 12.8 Å². The highest BCUT2D eigenvalue weighted by Crippen LogP contribution is 2.18. The normalized spacial score (nSPS) is 20.1. The highest BCUT2D eigenvalue weighted by molar-refractivity contribution is 5.68. The Morgan fingerprint density at radius 2 is 1.95 bits per heavy atom. The van der Waals surface area contributed by atoms with E-state index < -0.39 is 5.60 Å². The topological polar surface area (TPSA) is 76.4 Å². The Morgan fingerprint density at radius 3 is 2.42 bits per heavy atom. The van der Waals surface area contributed by atoms with E-state index >= 15 is 0 Å². The minimum atomic E-state index is -0.471. The van der Waals surface area contributed by atoms with Crippen LogP contribution in [0.25, 0.3) is 0 Å². The quantitative estimate of drug-likeness (QED) is 0.712. The summed E-state index contributed by atoms with van der Waals surface area (Å²) in [7, 11) is 0. The number of carbonyl (C=O) groups excluding carboxylic acids is 1. The number of hydrogen-bond acceptors (Lipinski definition) is 4. The van der Waals surface area contributed by atoms with Crippen LogP contribution >= 0.6 is 0 Å². The molecular formula is C14H29N3O2. The third-order valence-electron chi connectivity index (χ3n) is 3.41. The second-order valence-electron chi connectivity index (χ2n) is 6.43. The van der Waals surface area contributed by atoms with Crippen LogP contribution in [0, 0.1) is 0 Å². The summed E-state index contributed by atoms with van der Waals surface area (Å²) in [6.45, 7) is 8.04. The summed E-state index contributed by atoms with van der Waals surface area (Å²) >= 11 is 0. The summed E-state index contributed by atoms with van der Waals surface area (Å²) < 4.78 is 5.25. The Morgan fingerprint density at radius 1 is 1.37 bits per heavy atom. The van der Waals surface area contributed by atoms with Crippen LogP contribution in [0.2, 0.25) is 0 Å². The average molecular weight is 271 g/mol. The minimum absolute atomic E-state index is 0.0413. The van der Waals surface area contributed by atoms with E-state index in [0.717, 1.165) is 0 Å². The fourth-order valence-electron chi connectivity index (χ4n) is 2.41. The number of hydrogen-bond donors (Lipinski definition) is 3. The van der Waals surface area contributed by atoms with Crippen molar-refractivity contribution in [1.82, 2.24) is 10.6 Å². The maximum Gasteiger partial charge on any atom is 0.407 e. The Bertz CT molecular complexity index is 283. The molecule has 4 N–H and O–H groups in total. The summed E-state index contributed by atoms with van der Waals surface area (Å²) in [4.78, 5) is 11.7. The number of nitrogens with one attached hydrogen (secondary N) is 2. The maximum absolute atomic E-state index is 11.7. The first-order chi connectivity index (χ1) is 8.81. The number of ether oxygens (including phenoxy) is 1. The van der Waals surface area contributed by atoms with Crippen LogP contribution < -0.4 is 16.4 Å². The summed E-state index contributed by atoms with van der Waals surface area (Å²) in [6, 6.07) is 0.590. The van der Waals surface area contributed by atoms with E-state index in [0.29, 0.717) is 12.6 Å². The predicted molar refractivity (Wildman–Crippen MR) is 77.1 cm³/mol. The molecular weight excluding hydrogens is 242 g/mol. The molecule has 112 valence electrons. The molecule has 0 bridgehead atoms. The third kappa shape index (κ3) is 6.25. The lowest BCUT2D eigenvalue weighted by Crippen LogP contribution is -2.54. The van der Waals surface area contributed by atoms with Crippen molar-refractivity contribution >= 4 is 6.09 Å². The van der Waals surface area contributed by atoms with Crippen LogP contribution in [0.3, 0.4) is 0 Å². The van der Waals surface area contributed by atoms with Crippen LogP contribution in [-0.4, -0.2) is 36.4 Å². The largest absolute Gasteiger partial charge is 0.444 e. The molecule has 0 aromatic rings. The van der Waals surface area contributed by atoms with Gasteiger partial charge in [0.05, 0.1) is 0 Å². The van der Waals surface area contributed by atoms with E-state index in [1.165, 1.54) is 25.7 Å². The second-order valence-corrected chi connectivity index (χ2v) is 6.43. The van der Waals surface area contributed by atoms with Crippen molar-refractivity contribution in [2.24, 2.45) is 5.73 Å². The zero-order chi connectivity index (χ0) is 14.5. The smallest absolute Gasteiger partial charge is 0.407 e. The molecule has 0 aliphatic heterocycles. The molecule has 1 rings (SSSR count). The van der Waals surface area contributed by atoms with Crippen molar-refractivity contribution in [3.8, 4) is 0 Å². The van der Waals surface area contributed by atoms with Gasteiger partial charge in [-0.2, -0.15) is 0 Å². The Kier molecular flexibility index (Phi) is 6.07. The van der Waals surface area contributed by atoms with E-state index in [9.17, 15) is 4.79 Å². The molecule has 0 aromatic heterocycles. The Hall–Kier alpha value is -0.810. The van der Waals surface area contributed by atoms with Crippen LogP contribution in [0.1, 0.15) is 53.4 Å². The van der Waals surface area contributed by atoms with Gasteiger partial charge in [0.15, 0.2) is 0 Å². The summed E-state index contributed by atoms with van der Waals surface area (Å²) in [6.07, 6.45) is 4.59. The number of alkyl carbamates (subject to hydrolysis) is 1. The molecule has 2 atom stereocenters. The minimum Gasteiger partial charge on any atom is -0.444 e. The molecule has 1 aliphatic carbocycles. The molecule has 1 aliphatic rings. The number of nitrogens with two attached hydrogens (primary N) is 1. The van der Waals surface area contributed by atoms with Crippen molar-refractivity contribution in [2.45, 2.75) is 77.1 Å². The summed E-state index contributed by atoms with van der Waals surface area (Å²) in [5, 5.41) is 6.40. The third-order valence-corrected chi connectivity index (χ3v) is 3.41. The predicted octanol–water partition coefficient (Wildman–Crippen LogP) is 1.76. The monoisotopic (exact) mass is 271 g/mol. The fraction of sp³-hybridized carbons (Fsp3) is 0.929. The zero-order valence-corrected chi connectivity index (χ0v) is 12.7. The maximum atomic E-state index is 11.7. The van der Waals surface area contributed by atoms with Crippen molar-refractivity contribution < 1.29 is 9.53 Å². The summed E-state index contributed by atoms with van der Waals surface area (Å²) in [5.74, 6) is 0. The average Bonchev–Trinajstić information content (AvgIpc) is 2.75. The molecule has 0 spiro atoms. The number of amides is 1. The molecule has 2 unspecified atom stereocenters. The van der Waals surface area contributed by atoms with Gasteiger partial charge in [0, 0.05) is 24.7 Å². The summed E-state index contributed by atoms with van der Waals surface area (Å²) in [5.41, 5.74) is 5.33. The first kappa shape index (κ1) is 16.2. The van der Waals surface area contributed by atoms with E-state index in [1.807, 2.05) is 27.7 Å². The van der Waals surface area contributed by atoms with E-state index in [2.05, 4.69) is 10.6 Å². The van der Waals surface area contributed by atoms with Crippen molar-refractivity contribution in [1.29, 1.82) is 0 Å². The standard InChI is InChI=1S/C14H29N3O2/c1-10(16-13(18)19-14(2,3)4)12(9-15)17-11-7-5-6-8-11/h10-12,17H,5-9,15H2,1-4H3,(H,16,18). The molecule has 1 fully saturated rings. The lowest BCUT2D eigenvalue weighted by Gasteiger charge is -2.29. The van der Waals surface area contributed by atoms with Gasteiger partial charge in [-0.3, -0.25) is 0 Å². The molecule has 1 amide bonds. The first-order valence-corrected chi connectivity index (χ1v) is 7.27. The highest BCUT2D eigenvalue weighted by atomic mass is 16.6. The van der Waals surface area contributed by atoms with Crippen molar-refractivity contribution in [3.05, 3.63) is 0 Å². The Balaban J connectivity index is 2.39. The van der Waals surface area contributed by atoms with Gasteiger partial charge in [-0.15, -0.1) is 0 Å². The van der Waals surface area contributed by atoms with Crippen LogP contribution in [0.4, 0.5) is 4.79 Å². The Labute approximate surface area is 116 Å². The van der Waals surface area contributed by atoms with Crippen LogP contribution in [0.15, 0.2) is 0 Å². The van der Waals surface area contributed by atoms with Gasteiger partial charge < -0.3 is 21.1 Å². The van der Waals surface area contributed by atoms with Gasteiger partial charge in [-0.25, -0.2) is 4.79 Å². The van der Waals surface area contributed by atoms with Gasteiger partial charge in [-0.05, 0) is 40.5 Å². The molecule has 0 saturated heterocycles. The first-order valence-electron chi connectivity index (χ1n) is 7.27. The molecule has 5 heteroatoms. The van der Waals surface area contributed by atoms with Crippen LogP contribution in [0.5, 0.6) is 0 Å². The van der Waals surface area contributed by atoms with Gasteiger partial charge >= 0.3 is 6.09 Å². The fourth-order valence-corrected chi connectivity index (χ4v) is 2.41. The van der Waals surface area contributed by atoms with Gasteiger partial charge in [0.25, 0.3) is 0 Å². The van der Waals surface area contributed by atoms with E-state index in [-0.39, 0.29) is 18.2 Å². The number of carbonyl (C=O) groups is 1. The lowest BCUT2D eigenvalue weighted by atomic mass is 10.1.